The fraction of sp³-hybridized carbons (Fsp3) is 0.105. The number of benzene rings is 2. The Balaban J connectivity index is 1.80. The number of hydrogen-bond donors (Lipinski definition) is 1. The average molecular weight is 398 g/mol. The Morgan fingerprint density at radius 2 is 1.88 bits per heavy atom. The molecule has 5 nitrogen and oxygen atoms in total. The van der Waals surface area contributed by atoms with Crippen LogP contribution in [0.3, 0.4) is 0 Å². The van der Waals surface area contributed by atoms with Gasteiger partial charge in [0.2, 0.25) is 5.91 Å². The first-order valence-electron chi connectivity index (χ1n) is 7.72. The number of carbonyl (C=O) groups excluding carboxylic acids is 1. The molecule has 0 fully saturated rings. The molecule has 1 heterocycles. The molecule has 0 bridgehead atoms. The Morgan fingerprint density at radius 3 is 2.60 bits per heavy atom. The molecule has 0 spiro atoms. The summed E-state index contributed by atoms with van der Waals surface area (Å²) in [5, 5.41) is 7.07. The first kappa shape index (κ1) is 17.1. The number of aromatic nitrogens is 2. The van der Waals surface area contributed by atoms with Gasteiger partial charge in [0.25, 0.3) is 5.56 Å². The van der Waals surface area contributed by atoms with Gasteiger partial charge in [0, 0.05) is 21.8 Å². The number of aryl methyl sites for hydroxylation is 1. The molecule has 25 heavy (non-hydrogen) atoms. The first-order chi connectivity index (χ1) is 12.0. The van der Waals surface area contributed by atoms with E-state index in [4.69, 9.17) is 0 Å². The van der Waals surface area contributed by atoms with Crippen molar-refractivity contribution < 1.29 is 4.79 Å². The number of hydrogen-bond acceptors (Lipinski definition) is 3. The van der Waals surface area contributed by atoms with Crippen LogP contribution in [0, 0.1) is 6.92 Å². The molecule has 3 rings (SSSR count). The molecule has 6 heteroatoms. The van der Waals surface area contributed by atoms with Gasteiger partial charge in [0.05, 0.1) is 5.69 Å². The minimum Gasteiger partial charge on any atom is -0.324 e. The number of carbonyl (C=O) groups is 1. The van der Waals surface area contributed by atoms with Crippen molar-refractivity contribution in [2.75, 3.05) is 5.32 Å². The Labute approximate surface area is 153 Å². The predicted octanol–water partition coefficient (Wildman–Crippen LogP) is 3.62. The van der Waals surface area contributed by atoms with E-state index < -0.39 is 0 Å². The number of nitrogens with zero attached hydrogens (tertiary/aromatic N) is 2. The van der Waals surface area contributed by atoms with Gasteiger partial charge >= 0.3 is 0 Å². The van der Waals surface area contributed by atoms with E-state index in [-0.39, 0.29) is 18.0 Å². The van der Waals surface area contributed by atoms with E-state index in [0.717, 1.165) is 15.6 Å². The topological polar surface area (TPSA) is 64.0 Å². The van der Waals surface area contributed by atoms with Gasteiger partial charge in [0.15, 0.2) is 0 Å². The third-order valence-corrected chi connectivity index (χ3v) is 4.11. The zero-order valence-electron chi connectivity index (χ0n) is 13.6. The minimum atomic E-state index is -0.321. The van der Waals surface area contributed by atoms with Gasteiger partial charge in [0.1, 0.15) is 6.54 Å². The summed E-state index contributed by atoms with van der Waals surface area (Å²) in [6.45, 7) is 1.83. The molecule has 3 aromatic rings. The molecular weight excluding hydrogens is 382 g/mol. The van der Waals surface area contributed by atoms with Gasteiger partial charge in [-0.1, -0.05) is 45.8 Å². The lowest BCUT2D eigenvalue weighted by Gasteiger charge is -2.09. The van der Waals surface area contributed by atoms with Crippen molar-refractivity contribution in [2.45, 2.75) is 13.5 Å². The summed E-state index contributed by atoms with van der Waals surface area (Å²) < 4.78 is 2.08. The number of rotatable bonds is 4. The van der Waals surface area contributed by atoms with Crippen LogP contribution in [0.25, 0.3) is 11.3 Å². The molecule has 126 valence electrons. The Bertz CT molecular complexity index is 965. The second kappa shape index (κ2) is 7.44. The SMILES string of the molecule is Cc1ccc(NC(=O)Cn2nc(-c3cccc(Br)c3)ccc2=O)cc1. The maximum absolute atomic E-state index is 12.2. The zero-order chi connectivity index (χ0) is 17.8. The van der Waals surface area contributed by atoms with Crippen LogP contribution in [0.2, 0.25) is 0 Å². The third kappa shape index (κ3) is 4.42. The van der Waals surface area contributed by atoms with Gasteiger partial charge in [-0.2, -0.15) is 5.10 Å². The van der Waals surface area contributed by atoms with Gasteiger partial charge in [-0.05, 0) is 37.3 Å². The van der Waals surface area contributed by atoms with Gasteiger partial charge in [-0.25, -0.2) is 4.68 Å². The van der Waals surface area contributed by atoms with E-state index in [1.165, 1.54) is 10.7 Å². The summed E-state index contributed by atoms with van der Waals surface area (Å²) in [7, 11) is 0. The van der Waals surface area contributed by atoms with Crippen LogP contribution in [0.5, 0.6) is 0 Å². The maximum Gasteiger partial charge on any atom is 0.267 e. The van der Waals surface area contributed by atoms with Crippen molar-refractivity contribution in [3.8, 4) is 11.3 Å². The monoisotopic (exact) mass is 397 g/mol. The summed E-state index contributed by atoms with van der Waals surface area (Å²) in [6.07, 6.45) is 0. The Kier molecular flexibility index (Phi) is 5.09. The number of nitrogens with one attached hydrogen (secondary N) is 1. The maximum atomic E-state index is 12.2. The summed E-state index contributed by atoms with van der Waals surface area (Å²) in [4.78, 5) is 24.2. The summed E-state index contributed by atoms with van der Waals surface area (Å²) in [5.74, 6) is -0.301. The highest BCUT2D eigenvalue weighted by atomic mass is 79.9. The molecule has 0 radical (unpaired) electrons. The second-order valence-corrected chi connectivity index (χ2v) is 6.55. The molecule has 0 aliphatic rings. The largest absolute Gasteiger partial charge is 0.324 e. The molecule has 0 unspecified atom stereocenters. The number of anilines is 1. The molecule has 2 aromatic carbocycles. The lowest BCUT2D eigenvalue weighted by Crippen LogP contribution is -2.29. The first-order valence-corrected chi connectivity index (χ1v) is 8.51. The molecule has 0 atom stereocenters. The quantitative estimate of drug-likeness (QED) is 0.730. The predicted molar refractivity (Wildman–Crippen MR) is 101 cm³/mol. The van der Waals surface area contributed by atoms with E-state index in [1.54, 1.807) is 6.07 Å². The van der Waals surface area contributed by atoms with E-state index in [0.29, 0.717) is 11.4 Å². The van der Waals surface area contributed by atoms with Gasteiger partial charge < -0.3 is 5.32 Å². The molecule has 0 aliphatic heterocycles. The van der Waals surface area contributed by atoms with Crippen LogP contribution < -0.4 is 10.9 Å². The van der Waals surface area contributed by atoms with E-state index in [2.05, 4.69) is 26.3 Å². The van der Waals surface area contributed by atoms with Crippen molar-refractivity contribution in [3.63, 3.8) is 0 Å². The van der Waals surface area contributed by atoms with Crippen molar-refractivity contribution >= 4 is 27.5 Å². The molecule has 0 saturated heterocycles. The van der Waals surface area contributed by atoms with Crippen LogP contribution >= 0.6 is 15.9 Å². The van der Waals surface area contributed by atoms with Crippen LogP contribution in [0.4, 0.5) is 5.69 Å². The summed E-state index contributed by atoms with van der Waals surface area (Å²) in [6, 6.07) is 18.1. The average Bonchev–Trinajstić information content (AvgIpc) is 2.59. The minimum absolute atomic E-state index is 0.144. The summed E-state index contributed by atoms with van der Waals surface area (Å²) >= 11 is 3.41. The number of amides is 1. The fourth-order valence-electron chi connectivity index (χ4n) is 2.34. The summed E-state index contributed by atoms with van der Waals surface area (Å²) in [5.41, 5.74) is 2.97. The smallest absolute Gasteiger partial charge is 0.267 e. The van der Waals surface area contributed by atoms with Crippen molar-refractivity contribution in [1.82, 2.24) is 9.78 Å². The molecule has 1 aromatic heterocycles. The van der Waals surface area contributed by atoms with E-state index in [1.807, 2.05) is 55.5 Å². The normalized spacial score (nSPS) is 10.5. The Hall–Kier alpha value is -2.73. The van der Waals surface area contributed by atoms with Crippen LogP contribution in [0.1, 0.15) is 5.56 Å². The third-order valence-electron chi connectivity index (χ3n) is 3.62. The fourth-order valence-corrected chi connectivity index (χ4v) is 2.74. The lowest BCUT2D eigenvalue weighted by molar-refractivity contribution is -0.117. The van der Waals surface area contributed by atoms with Crippen LogP contribution in [-0.2, 0) is 11.3 Å². The molecule has 0 aliphatic carbocycles. The zero-order valence-corrected chi connectivity index (χ0v) is 15.2. The van der Waals surface area contributed by atoms with Crippen molar-refractivity contribution in [2.24, 2.45) is 0 Å². The highest BCUT2D eigenvalue weighted by Crippen LogP contribution is 2.20. The van der Waals surface area contributed by atoms with E-state index >= 15 is 0 Å². The highest BCUT2D eigenvalue weighted by Gasteiger charge is 2.08. The van der Waals surface area contributed by atoms with Crippen molar-refractivity contribution in [3.05, 3.63) is 81.1 Å². The second-order valence-electron chi connectivity index (χ2n) is 5.64. The van der Waals surface area contributed by atoms with E-state index in [9.17, 15) is 9.59 Å². The van der Waals surface area contributed by atoms with Crippen LogP contribution in [0.15, 0.2) is 69.9 Å². The highest BCUT2D eigenvalue weighted by molar-refractivity contribution is 9.10. The van der Waals surface area contributed by atoms with Gasteiger partial charge in [-0.3, -0.25) is 9.59 Å². The molecular formula is C19H16BrN3O2. The number of halogens is 1. The Morgan fingerprint density at radius 1 is 1.12 bits per heavy atom. The van der Waals surface area contributed by atoms with Crippen molar-refractivity contribution in [1.29, 1.82) is 0 Å². The van der Waals surface area contributed by atoms with Crippen LogP contribution in [-0.4, -0.2) is 15.7 Å². The molecule has 1 N–H and O–H groups in total. The van der Waals surface area contributed by atoms with Gasteiger partial charge in [-0.15, -0.1) is 0 Å². The lowest BCUT2D eigenvalue weighted by atomic mass is 10.1. The standard InChI is InChI=1S/C19H16BrN3O2/c1-13-5-7-16(8-6-13)21-18(24)12-23-19(25)10-9-17(22-23)14-3-2-4-15(20)11-14/h2-11H,12H2,1H3,(H,21,24). The molecule has 0 saturated carbocycles. The molecule has 1 amide bonds.